The molecule has 1 unspecified atom stereocenters. The Morgan fingerprint density at radius 3 is 2.87 bits per heavy atom. The standard InChI is InChI=1S/C22H22ClFN4O3/c23-16-4-3-5-18(12-16)25-22(29)28-11-2-1-6-19(28)21-26-20(31-27-21)14-30-13-15-7-9-17(24)10-8-15/h3-5,7-10,12,19H,1-2,6,11,13-14H2,(H,25,29). The Hall–Kier alpha value is -2.97. The van der Waals surface area contributed by atoms with Gasteiger partial charge in [0.1, 0.15) is 12.4 Å². The van der Waals surface area contributed by atoms with Gasteiger partial charge in [-0.3, -0.25) is 0 Å². The number of halogens is 2. The Bertz CT molecular complexity index is 1030. The van der Waals surface area contributed by atoms with Crippen molar-refractivity contribution in [3.8, 4) is 0 Å². The molecule has 1 fully saturated rings. The van der Waals surface area contributed by atoms with Gasteiger partial charge in [0.2, 0.25) is 0 Å². The highest BCUT2D eigenvalue weighted by Crippen LogP contribution is 2.30. The number of ether oxygens (including phenoxy) is 1. The van der Waals surface area contributed by atoms with Crippen molar-refractivity contribution < 1.29 is 18.4 Å². The lowest BCUT2D eigenvalue weighted by Crippen LogP contribution is -2.41. The molecule has 4 rings (SSSR count). The highest BCUT2D eigenvalue weighted by Gasteiger charge is 2.31. The molecule has 1 aliphatic heterocycles. The summed E-state index contributed by atoms with van der Waals surface area (Å²) in [4.78, 5) is 19.0. The number of nitrogens with zero attached hydrogens (tertiary/aromatic N) is 3. The van der Waals surface area contributed by atoms with Gasteiger partial charge in [-0.2, -0.15) is 4.98 Å². The maximum absolute atomic E-state index is 13.0. The lowest BCUT2D eigenvalue weighted by Gasteiger charge is -2.33. The number of benzene rings is 2. The largest absolute Gasteiger partial charge is 0.367 e. The summed E-state index contributed by atoms with van der Waals surface area (Å²) < 4.78 is 23.9. The molecular weight excluding hydrogens is 423 g/mol. The van der Waals surface area contributed by atoms with Gasteiger partial charge >= 0.3 is 6.03 Å². The normalized spacial score (nSPS) is 16.3. The van der Waals surface area contributed by atoms with Crippen molar-refractivity contribution in [3.63, 3.8) is 0 Å². The van der Waals surface area contributed by atoms with E-state index in [4.69, 9.17) is 20.9 Å². The van der Waals surface area contributed by atoms with Crippen LogP contribution in [0.5, 0.6) is 0 Å². The predicted octanol–water partition coefficient (Wildman–Crippen LogP) is 5.34. The zero-order valence-corrected chi connectivity index (χ0v) is 17.5. The fourth-order valence-corrected chi connectivity index (χ4v) is 3.69. The molecule has 0 saturated carbocycles. The van der Waals surface area contributed by atoms with Gasteiger partial charge < -0.3 is 19.5 Å². The van der Waals surface area contributed by atoms with Gasteiger partial charge in [-0.25, -0.2) is 9.18 Å². The molecule has 1 aromatic heterocycles. The number of likely N-dealkylation sites (tertiary alicyclic amines) is 1. The molecule has 0 spiro atoms. The van der Waals surface area contributed by atoms with E-state index in [0.29, 0.717) is 35.6 Å². The SMILES string of the molecule is O=C(Nc1cccc(Cl)c1)N1CCCCC1c1noc(COCc2ccc(F)cc2)n1. The van der Waals surface area contributed by atoms with Gasteiger partial charge in [0.15, 0.2) is 5.82 Å². The number of hydrogen-bond donors (Lipinski definition) is 1. The summed E-state index contributed by atoms with van der Waals surface area (Å²) in [6.45, 7) is 1.03. The van der Waals surface area contributed by atoms with E-state index < -0.39 is 0 Å². The highest BCUT2D eigenvalue weighted by atomic mass is 35.5. The number of carbonyl (C=O) groups excluding carboxylic acids is 1. The minimum Gasteiger partial charge on any atom is -0.367 e. The number of piperidine rings is 1. The molecule has 1 aliphatic rings. The Morgan fingerprint density at radius 2 is 2.06 bits per heavy atom. The van der Waals surface area contributed by atoms with E-state index in [-0.39, 0.29) is 24.5 Å². The molecule has 9 heteroatoms. The van der Waals surface area contributed by atoms with Crippen molar-refractivity contribution in [2.24, 2.45) is 0 Å². The highest BCUT2D eigenvalue weighted by molar-refractivity contribution is 6.30. The molecular formula is C22H22ClFN4O3. The summed E-state index contributed by atoms with van der Waals surface area (Å²) >= 11 is 6.00. The Kier molecular flexibility index (Phi) is 6.79. The van der Waals surface area contributed by atoms with Crippen LogP contribution in [0.4, 0.5) is 14.9 Å². The van der Waals surface area contributed by atoms with Gasteiger partial charge in [-0.15, -0.1) is 0 Å². The summed E-state index contributed by atoms with van der Waals surface area (Å²) in [5.41, 5.74) is 1.47. The van der Waals surface area contributed by atoms with Gasteiger partial charge in [0, 0.05) is 17.3 Å². The first-order chi connectivity index (χ1) is 15.1. The first-order valence-electron chi connectivity index (χ1n) is 10.1. The second kappa shape index (κ2) is 9.89. The van der Waals surface area contributed by atoms with Crippen LogP contribution in [0, 0.1) is 5.82 Å². The Morgan fingerprint density at radius 1 is 1.23 bits per heavy atom. The van der Waals surface area contributed by atoms with E-state index >= 15 is 0 Å². The van der Waals surface area contributed by atoms with Crippen LogP contribution < -0.4 is 5.32 Å². The number of hydrogen-bond acceptors (Lipinski definition) is 5. The number of aromatic nitrogens is 2. The van der Waals surface area contributed by atoms with Crippen molar-refractivity contribution in [1.29, 1.82) is 0 Å². The molecule has 31 heavy (non-hydrogen) atoms. The maximum Gasteiger partial charge on any atom is 0.322 e. The maximum atomic E-state index is 13.0. The van der Waals surface area contributed by atoms with E-state index in [2.05, 4.69) is 15.5 Å². The van der Waals surface area contributed by atoms with Crippen LogP contribution in [0.2, 0.25) is 5.02 Å². The number of urea groups is 1. The van der Waals surface area contributed by atoms with Crippen molar-refractivity contribution in [2.75, 3.05) is 11.9 Å². The van der Waals surface area contributed by atoms with Gasteiger partial charge in [-0.1, -0.05) is 35.0 Å². The van der Waals surface area contributed by atoms with E-state index in [9.17, 15) is 9.18 Å². The first-order valence-corrected chi connectivity index (χ1v) is 10.4. The van der Waals surface area contributed by atoms with Crippen LogP contribution >= 0.6 is 11.6 Å². The van der Waals surface area contributed by atoms with Crippen LogP contribution in [-0.4, -0.2) is 27.6 Å². The smallest absolute Gasteiger partial charge is 0.322 e. The molecule has 0 radical (unpaired) electrons. The van der Waals surface area contributed by atoms with Crippen molar-refractivity contribution >= 4 is 23.3 Å². The number of carbonyl (C=O) groups is 1. The summed E-state index contributed by atoms with van der Waals surface area (Å²) in [7, 11) is 0. The molecule has 0 bridgehead atoms. The monoisotopic (exact) mass is 444 g/mol. The average molecular weight is 445 g/mol. The molecule has 1 saturated heterocycles. The minimum atomic E-state index is -0.290. The lowest BCUT2D eigenvalue weighted by molar-refractivity contribution is 0.0850. The molecule has 2 heterocycles. The summed E-state index contributed by atoms with van der Waals surface area (Å²) in [5.74, 6) is 0.501. The number of rotatable bonds is 6. The predicted molar refractivity (Wildman–Crippen MR) is 113 cm³/mol. The number of anilines is 1. The van der Waals surface area contributed by atoms with Gasteiger partial charge in [0.25, 0.3) is 5.89 Å². The summed E-state index contributed by atoms with van der Waals surface area (Å²) in [5, 5.41) is 7.51. The van der Waals surface area contributed by atoms with E-state index in [0.717, 1.165) is 24.8 Å². The van der Waals surface area contributed by atoms with Crippen molar-refractivity contribution in [3.05, 3.63) is 76.6 Å². The topological polar surface area (TPSA) is 80.5 Å². The van der Waals surface area contributed by atoms with Crippen LogP contribution in [0.3, 0.4) is 0 Å². The number of amides is 2. The fourth-order valence-electron chi connectivity index (χ4n) is 3.50. The lowest BCUT2D eigenvalue weighted by atomic mass is 10.0. The molecule has 2 aromatic carbocycles. The Balaban J connectivity index is 1.37. The second-order valence-electron chi connectivity index (χ2n) is 7.31. The first kappa shape index (κ1) is 21.3. The molecule has 1 N–H and O–H groups in total. The van der Waals surface area contributed by atoms with Crippen molar-refractivity contribution in [2.45, 2.75) is 38.5 Å². The zero-order chi connectivity index (χ0) is 21.6. The fraction of sp³-hybridized carbons (Fsp3) is 0.318. The molecule has 7 nitrogen and oxygen atoms in total. The molecule has 1 atom stereocenters. The van der Waals surface area contributed by atoms with Crippen LogP contribution in [0.15, 0.2) is 53.1 Å². The number of nitrogens with one attached hydrogen (secondary N) is 1. The third kappa shape index (κ3) is 5.59. The summed E-state index contributed by atoms with van der Waals surface area (Å²) in [6.07, 6.45) is 2.62. The average Bonchev–Trinajstić information content (AvgIpc) is 3.24. The molecule has 0 aliphatic carbocycles. The molecule has 162 valence electrons. The van der Waals surface area contributed by atoms with E-state index in [1.807, 2.05) is 0 Å². The van der Waals surface area contributed by atoms with Gasteiger partial charge in [0.05, 0.1) is 12.6 Å². The van der Waals surface area contributed by atoms with Crippen LogP contribution in [-0.2, 0) is 18.0 Å². The third-order valence-electron chi connectivity index (χ3n) is 5.03. The second-order valence-corrected chi connectivity index (χ2v) is 7.75. The Labute approximate surface area is 184 Å². The van der Waals surface area contributed by atoms with Crippen LogP contribution in [0.25, 0.3) is 0 Å². The summed E-state index contributed by atoms with van der Waals surface area (Å²) in [6, 6.07) is 12.6. The minimum absolute atomic E-state index is 0.131. The molecule has 3 aromatic rings. The molecule has 2 amide bonds. The van der Waals surface area contributed by atoms with E-state index in [1.165, 1.54) is 12.1 Å². The quantitative estimate of drug-likeness (QED) is 0.555. The van der Waals surface area contributed by atoms with Gasteiger partial charge in [-0.05, 0) is 55.2 Å². The van der Waals surface area contributed by atoms with E-state index in [1.54, 1.807) is 41.3 Å². The zero-order valence-electron chi connectivity index (χ0n) is 16.8. The van der Waals surface area contributed by atoms with Crippen molar-refractivity contribution in [1.82, 2.24) is 15.0 Å². The van der Waals surface area contributed by atoms with Crippen LogP contribution in [0.1, 0.15) is 42.6 Å². The third-order valence-corrected chi connectivity index (χ3v) is 5.26.